The quantitative estimate of drug-likeness (QED) is 0.725. The third-order valence-corrected chi connectivity index (χ3v) is 3.83. The molecule has 0 aliphatic carbocycles. The van der Waals surface area contributed by atoms with Gasteiger partial charge in [-0.25, -0.2) is 0 Å². The summed E-state index contributed by atoms with van der Waals surface area (Å²) in [7, 11) is 0. The van der Waals surface area contributed by atoms with E-state index in [1.807, 2.05) is 18.7 Å². The number of hydrogen-bond donors (Lipinski definition) is 2. The lowest BCUT2D eigenvalue weighted by Crippen LogP contribution is -2.37. The Bertz CT molecular complexity index is 262. The number of amides is 2. The van der Waals surface area contributed by atoms with Crippen molar-refractivity contribution in [2.75, 3.05) is 19.6 Å². The molecule has 1 N–H and O–H groups in total. The smallest absolute Gasteiger partial charge is 0.233 e. The van der Waals surface area contributed by atoms with Gasteiger partial charge in [0.2, 0.25) is 11.8 Å². The van der Waals surface area contributed by atoms with E-state index < -0.39 is 0 Å². The van der Waals surface area contributed by atoms with Gasteiger partial charge in [-0.2, -0.15) is 12.6 Å². The fraction of sp³-hybridized carbons (Fsp3) is 0.833. The van der Waals surface area contributed by atoms with Gasteiger partial charge in [-0.05, 0) is 18.8 Å². The molecule has 1 fully saturated rings. The second-order valence-electron chi connectivity index (χ2n) is 4.82. The molecule has 0 aromatic rings. The van der Waals surface area contributed by atoms with Crippen molar-refractivity contribution in [2.45, 2.75) is 38.4 Å². The normalized spacial score (nSPS) is 17.3. The monoisotopic (exact) mass is 258 g/mol. The van der Waals surface area contributed by atoms with Crippen molar-refractivity contribution in [1.29, 1.82) is 0 Å². The average Bonchev–Trinajstić information content (AvgIpc) is 2.80. The van der Waals surface area contributed by atoms with E-state index in [4.69, 9.17) is 0 Å². The van der Waals surface area contributed by atoms with Gasteiger partial charge in [0.1, 0.15) is 0 Å². The zero-order valence-corrected chi connectivity index (χ0v) is 11.5. The summed E-state index contributed by atoms with van der Waals surface area (Å²) in [4.78, 5) is 25.1. The van der Waals surface area contributed by atoms with Crippen LogP contribution in [0.2, 0.25) is 0 Å². The first kappa shape index (κ1) is 14.4. The van der Waals surface area contributed by atoms with Gasteiger partial charge in [0.05, 0.1) is 5.25 Å². The highest BCUT2D eigenvalue weighted by Gasteiger charge is 2.19. The van der Waals surface area contributed by atoms with Crippen LogP contribution in [0.3, 0.4) is 0 Å². The molecular weight excluding hydrogens is 236 g/mol. The Balaban J connectivity index is 2.18. The maximum atomic E-state index is 11.7. The van der Waals surface area contributed by atoms with Crippen LogP contribution in [0.5, 0.6) is 0 Å². The number of likely N-dealkylation sites (tertiary alicyclic amines) is 1. The first-order valence-corrected chi connectivity index (χ1v) is 6.77. The predicted octanol–water partition coefficient (Wildman–Crippen LogP) is 1.07. The summed E-state index contributed by atoms with van der Waals surface area (Å²) in [5.74, 6) is 0.258. The fourth-order valence-corrected chi connectivity index (χ4v) is 1.92. The first-order valence-electron chi connectivity index (χ1n) is 6.26. The zero-order chi connectivity index (χ0) is 12.8. The molecule has 2 amide bonds. The number of nitrogens with zero attached hydrogens (tertiary/aromatic N) is 1. The first-order chi connectivity index (χ1) is 8.02. The van der Waals surface area contributed by atoms with Crippen molar-refractivity contribution in [3.63, 3.8) is 0 Å². The summed E-state index contributed by atoms with van der Waals surface area (Å²) in [6.07, 6.45) is 2.60. The van der Waals surface area contributed by atoms with Gasteiger partial charge in [-0.1, -0.05) is 13.8 Å². The van der Waals surface area contributed by atoms with Crippen LogP contribution in [0, 0.1) is 5.92 Å². The van der Waals surface area contributed by atoms with Crippen LogP contribution < -0.4 is 5.32 Å². The lowest BCUT2D eigenvalue weighted by Gasteiger charge is -2.17. The lowest BCUT2D eigenvalue weighted by molar-refractivity contribution is -0.130. The van der Waals surface area contributed by atoms with E-state index in [0.29, 0.717) is 13.0 Å². The zero-order valence-electron chi connectivity index (χ0n) is 10.6. The lowest BCUT2D eigenvalue weighted by atomic mass is 10.1. The van der Waals surface area contributed by atoms with Crippen molar-refractivity contribution in [3.8, 4) is 0 Å². The van der Waals surface area contributed by atoms with Gasteiger partial charge >= 0.3 is 0 Å². The molecule has 1 atom stereocenters. The summed E-state index contributed by atoms with van der Waals surface area (Å²) in [6, 6.07) is 0. The minimum absolute atomic E-state index is 0.0856. The Morgan fingerprint density at radius 1 is 1.29 bits per heavy atom. The molecule has 0 bridgehead atoms. The molecular formula is C12H22N2O2S. The Hall–Kier alpha value is -0.710. The summed E-state index contributed by atoms with van der Waals surface area (Å²) >= 11 is 4.22. The highest BCUT2D eigenvalue weighted by Crippen LogP contribution is 2.10. The van der Waals surface area contributed by atoms with Gasteiger partial charge in [-0.3, -0.25) is 9.59 Å². The van der Waals surface area contributed by atoms with Gasteiger partial charge in [0.25, 0.3) is 0 Å². The average molecular weight is 258 g/mol. The van der Waals surface area contributed by atoms with Crippen molar-refractivity contribution in [3.05, 3.63) is 0 Å². The van der Waals surface area contributed by atoms with E-state index in [1.54, 1.807) is 0 Å². The number of nitrogens with one attached hydrogen (secondary N) is 1. The molecule has 0 saturated carbocycles. The van der Waals surface area contributed by atoms with E-state index in [0.717, 1.165) is 25.9 Å². The highest BCUT2D eigenvalue weighted by molar-refractivity contribution is 7.81. The second-order valence-corrected chi connectivity index (χ2v) is 5.37. The molecule has 17 heavy (non-hydrogen) atoms. The SMILES string of the molecule is CC(C)C(S)C(=O)NCCC(=O)N1CCCC1. The highest BCUT2D eigenvalue weighted by atomic mass is 32.1. The molecule has 1 unspecified atom stereocenters. The topological polar surface area (TPSA) is 49.4 Å². The molecule has 1 aliphatic rings. The third-order valence-electron chi connectivity index (χ3n) is 3.00. The maximum Gasteiger partial charge on any atom is 0.233 e. The molecule has 4 nitrogen and oxygen atoms in total. The molecule has 1 heterocycles. The Kier molecular flexibility index (Phi) is 5.82. The summed E-state index contributed by atoms with van der Waals surface area (Å²) in [6.45, 7) is 6.05. The van der Waals surface area contributed by atoms with Gasteiger partial charge in [0.15, 0.2) is 0 Å². The minimum Gasteiger partial charge on any atom is -0.355 e. The van der Waals surface area contributed by atoms with E-state index in [-0.39, 0.29) is 23.0 Å². The van der Waals surface area contributed by atoms with Crippen molar-refractivity contribution in [1.82, 2.24) is 10.2 Å². The summed E-state index contributed by atoms with van der Waals surface area (Å²) in [5.41, 5.74) is 0. The summed E-state index contributed by atoms with van der Waals surface area (Å²) in [5, 5.41) is 2.46. The largest absolute Gasteiger partial charge is 0.355 e. The molecule has 0 radical (unpaired) electrons. The van der Waals surface area contributed by atoms with Gasteiger partial charge < -0.3 is 10.2 Å². The molecule has 1 aliphatic heterocycles. The van der Waals surface area contributed by atoms with E-state index in [2.05, 4.69) is 17.9 Å². The maximum absolute atomic E-state index is 11.7. The predicted molar refractivity (Wildman–Crippen MR) is 71.1 cm³/mol. The summed E-state index contributed by atoms with van der Waals surface area (Å²) < 4.78 is 0. The van der Waals surface area contributed by atoms with Crippen molar-refractivity contribution < 1.29 is 9.59 Å². The van der Waals surface area contributed by atoms with Crippen molar-refractivity contribution in [2.24, 2.45) is 5.92 Å². The number of carbonyl (C=O) groups is 2. The van der Waals surface area contributed by atoms with Crippen LogP contribution in [-0.4, -0.2) is 41.6 Å². The number of thiol groups is 1. The van der Waals surface area contributed by atoms with Crippen LogP contribution in [0.4, 0.5) is 0 Å². The number of rotatable bonds is 5. The molecule has 1 saturated heterocycles. The number of carbonyl (C=O) groups excluding carboxylic acids is 2. The molecule has 5 heteroatoms. The molecule has 0 aromatic carbocycles. The molecule has 0 spiro atoms. The Morgan fingerprint density at radius 2 is 1.88 bits per heavy atom. The van der Waals surface area contributed by atoms with Crippen LogP contribution in [0.25, 0.3) is 0 Å². The second kappa shape index (κ2) is 6.89. The van der Waals surface area contributed by atoms with E-state index in [1.165, 1.54) is 0 Å². The van der Waals surface area contributed by atoms with Crippen LogP contribution in [0.15, 0.2) is 0 Å². The Morgan fingerprint density at radius 3 is 2.41 bits per heavy atom. The standard InChI is InChI=1S/C12H22N2O2S/c1-9(2)11(17)12(16)13-6-5-10(15)14-7-3-4-8-14/h9,11,17H,3-8H2,1-2H3,(H,13,16). The van der Waals surface area contributed by atoms with Gasteiger partial charge in [0, 0.05) is 26.1 Å². The molecule has 1 rings (SSSR count). The minimum atomic E-state index is -0.295. The van der Waals surface area contributed by atoms with Crippen LogP contribution >= 0.6 is 12.6 Å². The molecule has 0 aromatic heterocycles. The fourth-order valence-electron chi connectivity index (χ4n) is 1.82. The van der Waals surface area contributed by atoms with Crippen molar-refractivity contribution >= 4 is 24.4 Å². The van der Waals surface area contributed by atoms with E-state index >= 15 is 0 Å². The van der Waals surface area contributed by atoms with E-state index in [9.17, 15) is 9.59 Å². The van der Waals surface area contributed by atoms with Gasteiger partial charge in [-0.15, -0.1) is 0 Å². The third kappa shape index (κ3) is 4.58. The molecule has 98 valence electrons. The Labute approximate surface area is 109 Å². The van der Waals surface area contributed by atoms with Crippen LogP contribution in [0.1, 0.15) is 33.1 Å². The number of hydrogen-bond acceptors (Lipinski definition) is 3. The van der Waals surface area contributed by atoms with Crippen LogP contribution in [-0.2, 0) is 9.59 Å².